The van der Waals surface area contributed by atoms with Gasteiger partial charge in [0, 0.05) is 11.3 Å². The summed E-state index contributed by atoms with van der Waals surface area (Å²) in [5.74, 6) is 0. The normalized spacial score (nSPS) is 25.9. The Morgan fingerprint density at radius 1 is 1.53 bits per heavy atom. The summed E-state index contributed by atoms with van der Waals surface area (Å²) in [4.78, 5) is 0. The van der Waals surface area contributed by atoms with Crippen molar-refractivity contribution in [2.75, 3.05) is 6.54 Å². The van der Waals surface area contributed by atoms with Crippen molar-refractivity contribution in [2.45, 2.75) is 48.1 Å². The Morgan fingerprint density at radius 2 is 2.47 bits per heavy atom. The first-order valence-corrected chi connectivity index (χ1v) is 7.58. The molecule has 1 fully saturated rings. The van der Waals surface area contributed by atoms with Gasteiger partial charge in [0.2, 0.25) is 0 Å². The maximum absolute atomic E-state index is 3.63. The van der Waals surface area contributed by atoms with Crippen LogP contribution in [-0.4, -0.2) is 17.8 Å². The number of hydrogen-bond acceptors (Lipinski definition) is 3. The van der Waals surface area contributed by atoms with Gasteiger partial charge < -0.3 is 5.32 Å². The topological polar surface area (TPSA) is 12.0 Å². The molecule has 1 aromatic heterocycles. The quantitative estimate of drug-likeness (QED) is 0.842. The molecule has 1 nitrogen and oxygen atoms in total. The minimum Gasteiger partial charge on any atom is -0.314 e. The van der Waals surface area contributed by atoms with Crippen molar-refractivity contribution in [2.24, 2.45) is 0 Å². The highest BCUT2D eigenvalue weighted by molar-refractivity contribution is 8.01. The number of thioether (sulfide) groups is 1. The van der Waals surface area contributed by atoms with Gasteiger partial charge in [0.05, 0.1) is 4.21 Å². The Hall–Kier alpha value is 0.01000. The summed E-state index contributed by atoms with van der Waals surface area (Å²) in [5.41, 5.74) is 0. The highest BCUT2D eigenvalue weighted by atomic mass is 32.2. The lowest BCUT2D eigenvalue weighted by Crippen LogP contribution is -2.27. The SMILES string of the molecule is CCCNC1CCC(Sc2cccs2)C1. The molecule has 1 aliphatic rings. The standard InChI is InChI=1S/C12H19NS2/c1-2-7-13-10-5-6-11(9-10)15-12-4-3-8-14-12/h3-4,8,10-11,13H,2,5-7,9H2,1H3. The molecule has 1 heterocycles. The average Bonchev–Trinajstić information content (AvgIpc) is 2.87. The van der Waals surface area contributed by atoms with Crippen LogP contribution in [0.5, 0.6) is 0 Å². The second-order valence-electron chi connectivity index (χ2n) is 4.14. The third-order valence-electron chi connectivity index (χ3n) is 2.85. The predicted octanol–water partition coefficient (Wildman–Crippen LogP) is 3.76. The van der Waals surface area contributed by atoms with Crippen LogP contribution in [0.1, 0.15) is 32.6 Å². The molecule has 0 radical (unpaired) electrons. The van der Waals surface area contributed by atoms with Gasteiger partial charge >= 0.3 is 0 Å². The van der Waals surface area contributed by atoms with Gasteiger partial charge in [0.1, 0.15) is 0 Å². The second kappa shape index (κ2) is 5.92. The van der Waals surface area contributed by atoms with Gasteiger partial charge in [-0.05, 0) is 43.7 Å². The van der Waals surface area contributed by atoms with Gasteiger partial charge in [-0.2, -0.15) is 0 Å². The first kappa shape index (κ1) is 11.5. The lowest BCUT2D eigenvalue weighted by Gasteiger charge is -2.11. The van der Waals surface area contributed by atoms with Crippen molar-refractivity contribution in [1.29, 1.82) is 0 Å². The molecule has 1 aliphatic carbocycles. The minimum atomic E-state index is 0.780. The molecule has 2 atom stereocenters. The number of nitrogens with one attached hydrogen (secondary N) is 1. The van der Waals surface area contributed by atoms with E-state index in [9.17, 15) is 0 Å². The molecule has 0 spiro atoms. The van der Waals surface area contributed by atoms with E-state index in [1.54, 1.807) is 0 Å². The van der Waals surface area contributed by atoms with Crippen molar-refractivity contribution in [1.82, 2.24) is 5.32 Å². The fraction of sp³-hybridized carbons (Fsp3) is 0.667. The fourth-order valence-electron chi connectivity index (χ4n) is 2.08. The molecule has 1 aromatic rings. The monoisotopic (exact) mass is 241 g/mol. The van der Waals surface area contributed by atoms with Gasteiger partial charge in [-0.3, -0.25) is 0 Å². The molecule has 0 saturated heterocycles. The maximum Gasteiger partial charge on any atom is 0.0601 e. The van der Waals surface area contributed by atoms with E-state index < -0.39 is 0 Å². The molecule has 3 heteroatoms. The van der Waals surface area contributed by atoms with E-state index in [4.69, 9.17) is 0 Å². The molecule has 15 heavy (non-hydrogen) atoms. The predicted molar refractivity (Wildman–Crippen MR) is 69.9 cm³/mol. The van der Waals surface area contributed by atoms with E-state index in [0.717, 1.165) is 11.3 Å². The van der Waals surface area contributed by atoms with E-state index in [0.29, 0.717) is 0 Å². The van der Waals surface area contributed by atoms with E-state index >= 15 is 0 Å². The molecule has 1 N–H and O–H groups in total. The third kappa shape index (κ3) is 3.51. The van der Waals surface area contributed by atoms with Crippen molar-refractivity contribution in [3.63, 3.8) is 0 Å². The summed E-state index contributed by atoms with van der Waals surface area (Å²) in [7, 11) is 0. The molecule has 1 saturated carbocycles. The first-order valence-electron chi connectivity index (χ1n) is 5.82. The van der Waals surface area contributed by atoms with Crippen LogP contribution in [-0.2, 0) is 0 Å². The molecule has 2 rings (SSSR count). The largest absolute Gasteiger partial charge is 0.314 e. The van der Waals surface area contributed by atoms with Gasteiger partial charge in [-0.1, -0.05) is 13.0 Å². The van der Waals surface area contributed by atoms with E-state index in [1.807, 2.05) is 11.3 Å². The van der Waals surface area contributed by atoms with Crippen LogP contribution < -0.4 is 5.32 Å². The average molecular weight is 241 g/mol. The van der Waals surface area contributed by atoms with Crippen LogP contribution in [0.2, 0.25) is 0 Å². The molecular formula is C12H19NS2. The Morgan fingerprint density at radius 3 is 3.20 bits per heavy atom. The van der Waals surface area contributed by atoms with Crippen molar-refractivity contribution < 1.29 is 0 Å². The summed E-state index contributed by atoms with van der Waals surface area (Å²) in [6, 6.07) is 5.17. The van der Waals surface area contributed by atoms with Crippen LogP contribution in [0.25, 0.3) is 0 Å². The van der Waals surface area contributed by atoms with Gasteiger partial charge in [-0.15, -0.1) is 23.1 Å². The molecule has 0 amide bonds. The summed E-state index contributed by atoms with van der Waals surface area (Å²) >= 11 is 3.95. The van der Waals surface area contributed by atoms with E-state index in [2.05, 4.69) is 41.5 Å². The molecule has 2 unspecified atom stereocenters. The number of rotatable bonds is 5. The van der Waals surface area contributed by atoms with Gasteiger partial charge in [0.15, 0.2) is 0 Å². The van der Waals surface area contributed by atoms with Crippen LogP contribution in [0.4, 0.5) is 0 Å². The van der Waals surface area contributed by atoms with Crippen molar-refractivity contribution in [3.05, 3.63) is 17.5 Å². The maximum atomic E-state index is 3.63. The summed E-state index contributed by atoms with van der Waals surface area (Å²) in [5, 5.41) is 6.65. The zero-order chi connectivity index (χ0) is 10.5. The second-order valence-corrected chi connectivity index (χ2v) is 6.68. The lowest BCUT2D eigenvalue weighted by molar-refractivity contribution is 0.524. The Balaban J connectivity index is 1.73. The molecule has 0 aromatic carbocycles. The van der Waals surface area contributed by atoms with Crippen LogP contribution in [0.3, 0.4) is 0 Å². The van der Waals surface area contributed by atoms with Crippen LogP contribution in [0.15, 0.2) is 21.7 Å². The summed E-state index contributed by atoms with van der Waals surface area (Å²) in [6.45, 7) is 3.42. The lowest BCUT2D eigenvalue weighted by atomic mass is 10.2. The van der Waals surface area contributed by atoms with Crippen molar-refractivity contribution >= 4 is 23.1 Å². The third-order valence-corrected chi connectivity index (χ3v) is 5.21. The molecule has 0 aliphatic heterocycles. The molecular weight excluding hydrogens is 222 g/mol. The number of thiophene rings is 1. The highest BCUT2D eigenvalue weighted by Gasteiger charge is 2.24. The zero-order valence-electron chi connectivity index (χ0n) is 9.24. The Kier molecular flexibility index (Phi) is 4.54. The van der Waals surface area contributed by atoms with Gasteiger partial charge in [0.25, 0.3) is 0 Å². The fourth-order valence-corrected chi connectivity index (χ4v) is 4.39. The zero-order valence-corrected chi connectivity index (χ0v) is 10.9. The van der Waals surface area contributed by atoms with Crippen LogP contribution in [0, 0.1) is 0 Å². The Bertz CT molecular complexity index is 271. The van der Waals surface area contributed by atoms with E-state index in [1.165, 1.54) is 36.4 Å². The molecule has 84 valence electrons. The number of hydrogen-bond donors (Lipinski definition) is 1. The Labute approximate surface area is 101 Å². The van der Waals surface area contributed by atoms with Gasteiger partial charge in [-0.25, -0.2) is 0 Å². The van der Waals surface area contributed by atoms with Crippen LogP contribution >= 0.6 is 23.1 Å². The first-order chi connectivity index (χ1) is 7.38. The minimum absolute atomic E-state index is 0.780. The molecule has 0 bridgehead atoms. The van der Waals surface area contributed by atoms with Crippen molar-refractivity contribution in [3.8, 4) is 0 Å². The van der Waals surface area contributed by atoms with E-state index in [-0.39, 0.29) is 0 Å². The summed E-state index contributed by atoms with van der Waals surface area (Å²) < 4.78 is 1.48. The highest BCUT2D eigenvalue weighted by Crippen LogP contribution is 2.36. The smallest absolute Gasteiger partial charge is 0.0601 e. The summed E-state index contributed by atoms with van der Waals surface area (Å²) in [6.07, 6.45) is 5.34.